The van der Waals surface area contributed by atoms with Crippen LogP contribution < -0.4 is 11.1 Å². The van der Waals surface area contributed by atoms with E-state index in [2.05, 4.69) is 36.1 Å². The molecule has 0 saturated heterocycles. The van der Waals surface area contributed by atoms with E-state index in [1.807, 2.05) is 19.9 Å². The summed E-state index contributed by atoms with van der Waals surface area (Å²) < 4.78 is 0. The second kappa shape index (κ2) is 7.55. The lowest BCUT2D eigenvalue weighted by molar-refractivity contribution is 0.261. The van der Waals surface area contributed by atoms with E-state index < -0.39 is 0 Å². The molecule has 1 atom stereocenters. The molecule has 0 aliphatic rings. The number of nitrogens with zero attached hydrogens (tertiary/aromatic N) is 2. The van der Waals surface area contributed by atoms with Crippen LogP contribution >= 0.6 is 12.2 Å². The maximum atomic E-state index is 5.81. The highest BCUT2D eigenvalue weighted by molar-refractivity contribution is 7.80. The largest absolute Gasteiger partial charge is 0.389 e. The Labute approximate surface area is 127 Å². The Bertz CT molecular complexity index is 473. The molecular weight excluding hydrogens is 268 g/mol. The molecule has 1 heterocycles. The molecule has 1 unspecified atom stereocenters. The molecule has 0 radical (unpaired) electrons. The number of nitrogens with one attached hydrogen (secondary N) is 1. The Morgan fingerprint density at radius 1 is 1.50 bits per heavy atom. The molecule has 3 N–H and O–H groups in total. The molecule has 0 aliphatic carbocycles. The van der Waals surface area contributed by atoms with Crippen LogP contribution in [0, 0.1) is 13.8 Å². The quantitative estimate of drug-likeness (QED) is 0.757. The molecule has 0 saturated carbocycles. The first-order chi connectivity index (χ1) is 9.36. The summed E-state index contributed by atoms with van der Waals surface area (Å²) in [6, 6.07) is 2.60. The lowest BCUT2D eigenvalue weighted by Crippen LogP contribution is -2.33. The molecule has 5 heteroatoms. The fourth-order valence-electron chi connectivity index (χ4n) is 2.18. The van der Waals surface area contributed by atoms with E-state index >= 15 is 0 Å². The van der Waals surface area contributed by atoms with Gasteiger partial charge in [0.15, 0.2) is 0 Å². The highest BCUT2D eigenvalue weighted by Gasteiger charge is 2.11. The molecule has 1 aromatic heterocycles. The van der Waals surface area contributed by atoms with E-state index in [-0.39, 0.29) is 0 Å². The van der Waals surface area contributed by atoms with Gasteiger partial charge in [0, 0.05) is 36.2 Å². The summed E-state index contributed by atoms with van der Waals surface area (Å²) in [5.41, 5.74) is 9.51. The van der Waals surface area contributed by atoms with Gasteiger partial charge in [-0.3, -0.25) is 4.98 Å². The number of anilines is 1. The molecule has 0 spiro atoms. The van der Waals surface area contributed by atoms with Crippen molar-refractivity contribution in [1.29, 1.82) is 0 Å². The Balaban J connectivity index is 2.75. The van der Waals surface area contributed by atoms with Crippen LogP contribution in [0.4, 0.5) is 5.69 Å². The molecular formula is C15H26N4S. The highest BCUT2D eigenvalue weighted by atomic mass is 32.1. The zero-order valence-corrected chi connectivity index (χ0v) is 14.0. The molecule has 4 nitrogen and oxygen atoms in total. The van der Waals surface area contributed by atoms with Gasteiger partial charge >= 0.3 is 0 Å². The van der Waals surface area contributed by atoms with Gasteiger partial charge in [-0.05, 0) is 40.3 Å². The summed E-state index contributed by atoms with van der Waals surface area (Å²) in [6.07, 6.45) is 1.15. The number of hydrogen-bond donors (Lipinski definition) is 2. The third-order valence-electron chi connectivity index (χ3n) is 3.70. The SMILES string of the molecule is CCC(C)N(C)CCNc1cc(C)nc(C)c1C(N)=S. The second-order valence-electron chi connectivity index (χ2n) is 5.30. The molecule has 20 heavy (non-hydrogen) atoms. The van der Waals surface area contributed by atoms with Gasteiger partial charge in [0.1, 0.15) is 4.99 Å². The van der Waals surface area contributed by atoms with Gasteiger partial charge < -0.3 is 16.0 Å². The minimum Gasteiger partial charge on any atom is -0.389 e. The number of nitrogens with two attached hydrogens (primary N) is 1. The zero-order chi connectivity index (χ0) is 15.3. The smallest absolute Gasteiger partial charge is 0.107 e. The molecule has 0 bridgehead atoms. The Kier molecular flexibility index (Phi) is 6.36. The maximum absolute atomic E-state index is 5.81. The average Bonchev–Trinajstić information content (AvgIpc) is 2.36. The summed E-state index contributed by atoms with van der Waals surface area (Å²) in [4.78, 5) is 7.16. The number of pyridine rings is 1. The molecule has 112 valence electrons. The van der Waals surface area contributed by atoms with E-state index in [1.54, 1.807) is 0 Å². The average molecular weight is 294 g/mol. The molecule has 0 aliphatic heterocycles. The lowest BCUT2D eigenvalue weighted by atomic mass is 10.1. The van der Waals surface area contributed by atoms with E-state index in [0.717, 1.165) is 42.1 Å². The monoisotopic (exact) mass is 294 g/mol. The maximum Gasteiger partial charge on any atom is 0.107 e. The van der Waals surface area contributed by atoms with Crippen molar-refractivity contribution in [3.63, 3.8) is 0 Å². The minimum absolute atomic E-state index is 0.396. The third kappa shape index (κ3) is 4.42. The fourth-order valence-corrected chi connectivity index (χ4v) is 2.44. The second-order valence-corrected chi connectivity index (χ2v) is 5.74. The minimum atomic E-state index is 0.396. The van der Waals surface area contributed by atoms with Crippen molar-refractivity contribution in [1.82, 2.24) is 9.88 Å². The van der Waals surface area contributed by atoms with Gasteiger partial charge in [-0.25, -0.2) is 0 Å². The van der Waals surface area contributed by atoms with Crippen molar-refractivity contribution >= 4 is 22.9 Å². The highest BCUT2D eigenvalue weighted by Crippen LogP contribution is 2.19. The van der Waals surface area contributed by atoms with Crippen molar-refractivity contribution < 1.29 is 0 Å². The summed E-state index contributed by atoms with van der Waals surface area (Å²) in [7, 11) is 2.15. The van der Waals surface area contributed by atoms with Gasteiger partial charge in [0.25, 0.3) is 0 Å². The van der Waals surface area contributed by atoms with Crippen molar-refractivity contribution in [2.75, 3.05) is 25.5 Å². The molecule has 1 aromatic rings. The van der Waals surface area contributed by atoms with Gasteiger partial charge in [-0.2, -0.15) is 0 Å². The predicted molar refractivity (Wildman–Crippen MR) is 90.5 cm³/mol. The Morgan fingerprint density at radius 3 is 2.70 bits per heavy atom. The van der Waals surface area contributed by atoms with Crippen LogP contribution in [0.1, 0.15) is 37.2 Å². The topological polar surface area (TPSA) is 54.2 Å². The molecule has 1 rings (SSSR count). The van der Waals surface area contributed by atoms with Crippen LogP contribution in [-0.2, 0) is 0 Å². The van der Waals surface area contributed by atoms with Crippen LogP contribution in [0.3, 0.4) is 0 Å². The third-order valence-corrected chi connectivity index (χ3v) is 3.90. The standard InChI is InChI=1S/C15H26N4S/c1-6-11(3)19(5)8-7-17-13-9-10(2)18-12(4)14(13)15(16)20/h9,11H,6-8H2,1-5H3,(H2,16,20)(H,17,18). The van der Waals surface area contributed by atoms with Crippen molar-refractivity contribution in [3.8, 4) is 0 Å². The van der Waals surface area contributed by atoms with Gasteiger partial charge in [0.05, 0.1) is 5.56 Å². The summed E-state index contributed by atoms with van der Waals surface area (Å²) >= 11 is 5.13. The fraction of sp³-hybridized carbons (Fsp3) is 0.600. The van der Waals surface area contributed by atoms with Crippen LogP contribution in [0.2, 0.25) is 0 Å². The van der Waals surface area contributed by atoms with Crippen LogP contribution in [0.15, 0.2) is 6.07 Å². The Morgan fingerprint density at radius 2 is 2.15 bits per heavy atom. The molecule has 0 fully saturated rings. The summed E-state index contributed by atoms with van der Waals surface area (Å²) in [5.74, 6) is 0. The van der Waals surface area contributed by atoms with Crippen LogP contribution in [0.5, 0.6) is 0 Å². The van der Waals surface area contributed by atoms with Crippen molar-refractivity contribution in [2.24, 2.45) is 5.73 Å². The normalized spacial score (nSPS) is 12.5. The van der Waals surface area contributed by atoms with Crippen molar-refractivity contribution in [3.05, 3.63) is 23.0 Å². The predicted octanol–water partition coefficient (Wildman–Crippen LogP) is 2.47. The van der Waals surface area contributed by atoms with E-state index in [9.17, 15) is 0 Å². The number of aromatic nitrogens is 1. The molecule has 0 aromatic carbocycles. The number of rotatable bonds is 7. The summed E-state index contributed by atoms with van der Waals surface area (Å²) in [6.45, 7) is 10.2. The van der Waals surface area contributed by atoms with Crippen molar-refractivity contribution in [2.45, 2.75) is 40.2 Å². The number of aryl methyl sites for hydroxylation is 2. The van der Waals surface area contributed by atoms with Gasteiger partial charge in [-0.1, -0.05) is 19.1 Å². The first kappa shape index (κ1) is 16.9. The van der Waals surface area contributed by atoms with E-state index in [1.165, 1.54) is 0 Å². The molecule has 0 amide bonds. The first-order valence-electron chi connectivity index (χ1n) is 7.09. The lowest BCUT2D eigenvalue weighted by Gasteiger charge is -2.24. The summed E-state index contributed by atoms with van der Waals surface area (Å²) in [5, 5.41) is 3.44. The van der Waals surface area contributed by atoms with Gasteiger partial charge in [-0.15, -0.1) is 0 Å². The van der Waals surface area contributed by atoms with Crippen LogP contribution in [0.25, 0.3) is 0 Å². The Hall–Kier alpha value is -1.20. The number of thiocarbonyl (C=S) groups is 1. The number of likely N-dealkylation sites (N-methyl/N-ethyl adjacent to an activating group) is 1. The first-order valence-corrected chi connectivity index (χ1v) is 7.49. The van der Waals surface area contributed by atoms with E-state index in [4.69, 9.17) is 18.0 Å². The number of hydrogen-bond acceptors (Lipinski definition) is 4. The van der Waals surface area contributed by atoms with Gasteiger partial charge in [0.2, 0.25) is 0 Å². The van der Waals surface area contributed by atoms with E-state index in [0.29, 0.717) is 11.0 Å². The zero-order valence-electron chi connectivity index (χ0n) is 13.2. The van der Waals surface area contributed by atoms with Crippen LogP contribution in [-0.4, -0.2) is 41.1 Å².